The number of hydrogen-bond donors (Lipinski definition) is 1. The summed E-state index contributed by atoms with van der Waals surface area (Å²) in [6.45, 7) is 8.42. The van der Waals surface area contributed by atoms with E-state index in [1.54, 1.807) is 0 Å². The molecule has 5 heteroatoms. The van der Waals surface area contributed by atoms with Crippen molar-refractivity contribution >= 4 is 16.7 Å². The Morgan fingerprint density at radius 3 is 2.86 bits per heavy atom. The van der Waals surface area contributed by atoms with Crippen LogP contribution in [-0.4, -0.2) is 33.9 Å². The van der Waals surface area contributed by atoms with Crippen LogP contribution in [0.25, 0.3) is 0 Å². The molecule has 2 aromatic rings. The topological polar surface area (TPSA) is 41.1 Å². The highest BCUT2D eigenvalue weighted by Gasteiger charge is 2.15. The minimum atomic E-state index is 0.399. The lowest BCUT2D eigenvalue weighted by atomic mass is 10.00. The van der Waals surface area contributed by atoms with E-state index in [0.29, 0.717) is 5.92 Å². The maximum Gasteiger partial charge on any atom is 0.202 e. The van der Waals surface area contributed by atoms with Crippen LogP contribution < -0.4 is 5.32 Å². The van der Waals surface area contributed by atoms with E-state index in [9.17, 15) is 0 Å². The number of nitrogens with one attached hydrogen (secondary N) is 1. The van der Waals surface area contributed by atoms with Crippen molar-refractivity contribution in [3.05, 3.63) is 41.2 Å². The number of fused-ring (bicyclic) bond motifs is 1. The van der Waals surface area contributed by atoms with Crippen LogP contribution in [0.1, 0.15) is 36.7 Å². The molecular formula is C16H22N4S. The molecule has 1 N–H and O–H groups in total. The highest BCUT2D eigenvalue weighted by atomic mass is 32.1. The Bertz CT molecular complexity index is 593. The summed E-state index contributed by atoms with van der Waals surface area (Å²) >= 11 is 1.46. The van der Waals surface area contributed by atoms with Gasteiger partial charge < -0.3 is 5.32 Å². The second-order valence-electron chi connectivity index (χ2n) is 5.83. The number of nitrogens with zero attached hydrogens (tertiary/aromatic N) is 3. The maximum absolute atomic E-state index is 4.51. The van der Waals surface area contributed by atoms with Gasteiger partial charge in [-0.2, -0.15) is 4.37 Å². The Morgan fingerprint density at radius 1 is 1.29 bits per heavy atom. The van der Waals surface area contributed by atoms with Crippen LogP contribution in [-0.2, 0) is 13.0 Å². The summed E-state index contributed by atoms with van der Waals surface area (Å²) in [7, 11) is 0. The quantitative estimate of drug-likeness (QED) is 0.921. The van der Waals surface area contributed by atoms with Gasteiger partial charge in [-0.05, 0) is 17.5 Å². The zero-order valence-electron chi connectivity index (χ0n) is 12.7. The molecule has 0 aliphatic carbocycles. The maximum atomic E-state index is 4.51. The molecule has 0 amide bonds. The van der Waals surface area contributed by atoms with Crippen molar-refractivity contribution in [2.75, 3.05) is 25.0 Å². The normalized spacial score (nSPS) is 15.2. The molecule has 1 aromatic heterocycles. The molecule has 1 aliphatic heterocycles. The monoisotopic (exact) mass is 302 g/mol. The molecule has 0 unspecified atom stereocenters. The second-order valence-corrected chi connectivity index (χ2v) is 6.59. The van der Waals surface area contributed by atoms with Crippen LogP contribution in [0.2, 0.25) is 0 Å². The van der Waals surface area contributed by atoms with Crippen LogP contribution in [0.3, 0.4) is 0 Å². The minimum Gasteiger partial charge on any atom is -0.359 e. The highest BCUT2D eigenvalue weighted by molar-refractivity contribution is 7.09. The molecule has 0 saturated carbocycles. The minimum absolute atomic E-state index is 0.399. The third-order valence-electron chi connectivity index (χ3n) is 3.87. The summed E-state index contributed by atoms with van der Waals surface area (Å²) in [6.07, 6.45) is 1.16. The number of aromatic nitrogens is 2. The van der Waals surface area contributed by atoms with Gasteiger partial charge in [0.2, 0.25) is 5.13 Å². The first kappa shape index (κ1) is 14.5. The van der Waals surface area contributed by atoms with E-state index in [4.69, 9.17) is 0 Å². The number of benzene rings is 1. The Hall–Kier alpha value is -1.46. The Kier molecular flexibility index (Phi) is 4.51. The van der Waals surface area contributed by atoms with Gasteiger partial charge in [0.1, 0.15) is 5.82 Å². The van der Waals surface area contributed by atoms with Crippen LogP contribution >= 0.6 is 11.5 Å². The lowest BCUT2D eigenvalue weighted by Gasteiger charge is -2.28. The molecule has 0 spiro atoms. The zero-order chi connectivity index (χ0) is 14.7. The van der Waals surface area contributed by atoms with Gasteiger partial charge in [-0.15, -0.1) is 0 Å². The van der Waals surface area contributed by atoms with Crippen molar-refractivity contribution in [2.24, 2.45) is 0 Å². The van der Waals surface area contributed by atoms with Crippen LogP contribution in [0.15, 0.2) is 24.3 Å². The summed E-state index contributed by atoms with van der Waals surface area (Å²) in [4.78, 5) is 7.01. The van der Waals surface area contributed by atoms with Gasteiger partial charge >= 0.3 is 0 Å². The first-order valence-corrected chi connectivity index (χ1v) is 8.36. The smallest absolute Gasteiger partial charge is 0.202 e. The number of anilines is 1. The molecule has 0 atom stereocenters. The number of hydrogen-bond acceptors (Lipinski definition) is 5. The van der Waals surface area contributed by atoms with E-state index in [0.717, 1.165) is 43.6 Å². The summed E-state index contributed by atoms with van der Waals surface area (Å²) in [6, 6.07) is 8.77. The fraction of sp³-hybridized carbons (Fsp3) is 0.500. The van der Waals surface area contributed by atoms with Crippen molar-refractivity contribution < 1.29 is 0 Å². The third kappa shape index (κ3) is 3.60. The molecular weight excluding hydrogens is 280 g/mol. The van der Waals surface area contributed by atoms with Crippen molar-refractivity contribution in [1.82, 2.24) is 14.3 Å². The molecule has 0 radical (unpaired) electrons. The van der Waals surface area contributed by atoms with Gasteiger partial charge in [0.05, 0.1) is 0 Å². The predicted octanol–water partition coefficient (Wildman–Crippen LogP) is 3.13. The zero-order valence-corrected chi connectivity index (χ0v) is 13.5. The van der Waals surface area contributed by atoms with Gasteiger partial charge in [0.15, 0.2) is 0 Å². The molecule has 3 rings (SSSR count). The fourth-order valence-corrected chi connectivity index (χ4v) is 3.34. The summed E-state index contributed by atoms with van der Waals surface area (Å²) in [5.74, 6) is 1.34. The summed E-state index contributed by atoms with van der Waals surface area (Å²) < 4.78 is 4.37. The summed E-state index contributed by atoms with van der Waals surface area (Å²) in [5.41, 5.74) is 2.98. The average molecular weight is 302 g/mol. The first-order valence-electron chi connectivity index (χ1n) is 7.59. The molecule has 1 aliphatic rings. The lowest BCUT2D eigenvalue weighted by Crippen LogP contribution is -2.34. The average Bonchev–Trinajstić information content (AvgIpc) is 2.96. The molecule has 0 bridgehead atoms. The van der Waals surface area contributed by atoms with E-state index in [2.05, 4.69) is 57.7 Å². The Labute approximate surface area is 130 Å². The molecule has 112 valence electrons. The Balaban J connectivity index is 1.48. The fourth-order valence-electron chi connectivity index (χ4n) is 2.61. The molecule has 1 aromatic carbocycles. The Morgan fingerprint density at radius 2 is 2.10 bits per heavy atom. The van der Waals surface area contributed by atoms with Crippen molar-refractivity contribution in [3.8, 4) is 0 Å². The van der Waals surface area contributed by atoms with Crippen LogP contribution in [0.5, 0.6) is 0 Å². The third-order valence-corrected chi connectivity index (χ3v) is 4.56. The molecule has 21 heavy (non-hydrogen) atoms. The standard InChI is InChI=1S/C16H22N4S/c1-12(2)15-18-16(21-19-15)17-8-10-20-9-7-13-5-3-4-6-14(13)11-20/h3-6,12H,7-11H2,1-2H3,(H,17,18,19). The SMILES string of the molecule is CC(C)c1nsc(NCCN2CCc3ccccc3C2)n1. The van der Waals surface area contributed by atoms with Gasteiger partial charge in [0.25, 0.3) is 0 Å². The van der Waals surface area contributed by atoms with Crippen LogP contribution in [0.4, 0.5) is 5.13 Å². The van der Waals surface area contributed by atoms with E-state index in [1.165, 1.54) is 22.7 Å². The van der Waals surface area contributed by atoms with Gasteiger partial charge in [-0.3, -0.25) is 4.90 Å². The molecule has 2 heterocycles. The second kappa shape index (κ2) is 6.54. The molecule has 0 saturated heterocycles. The molecule has 0 fully saturated rings. The van der Waals surface area contributed by atoms with Crippen molar-refractivity contribution in [2.45, 2.75) is 32.7 Å². The van der Waals surface area contributed by atoms with Crippen LogP contribution in [0, 0.1) is 0 Å². The highest BCUT2D eigenvalue weighted by Crippen LogP contribution is 2.19. The van der Waals surface area contributed by atoms with Crippen molar-refractivity contribution in [1.29, 1.82) is 0 Å². The first-order chi connectivity index (χ1) is 10.2. The van der Waals surface area contributed by atoms with E-state index in [1.807, 2.05) is 0 Å². The van der Waals surface area contributed by atoms with E-state index < -0.39 is 0 Å². The molecule has 4 nitrogen and oxygen atoms in total. The number of rotatable bonds is 5. The van der Waals surface area contributed by atoms with E-state index >= 15 is 0 Å². The predicted molar refractivity (Wildman–Crippen MR) is 87.9 cm³/mol. The van der Waals surface area contributed by atoms with Gasteiger partial charge in [-0.1, -0.05) is 38.1 Å². The lowest BCUT2D eigenvalue weighted by molar-refractivity contribution is 0.264. The van der Waals surface area contributed by atoms with Crippen molar-refractivity contribution in [3.63, 3.8) is 0 Å². The van der Waals surface area contributed by atoms with Gasteiger partial charge in [0, 0.05) is 43.6 Å². The van der Waals surface area contributed by atoms with Gasteiger partial charge in [-0.25, -0.2) is 4.98 Å². The largest absolute Gasteiger partial charge is 0.359 e. The van der Waals surface area contributed by atoms with E-state index in [-0.39, 0.29) is 0 Å². The summed E-state index contributed by atoms with van der Waals surface area (Å²) in [5, 5.41) is 4.34.